The number of anilines is 2. The highest BCUT2D eigenvalue weighted by Crippen LogP contribution is 2.31. The molecule has 0 atom stereocenters. The quantitative estimate of drug-likeness (QED) is 0.653. The van der Waals surface area contributed by atoms with E-state index in [0.29, 0.717) is 12.0 Å². The number of aromatic nitrogens is 1. The molecule has 1 heterocycles. The van der Waals surface area contributed by atoms with Crippen molar-refractivity contribution in [1.29, 1.82) is 0 Å². The van der Waals surface area contributed by atoms with E-state index >= 15 is 0 Å². The number of hydrogen-bond donors (Lipinski definition) is 1. The molecule has 116 valence electrons. The van der Waals surface area contributed by atoms with Gasteiger partial charge in [-0.3, -0.25) is 9.78 Å². The number of fused-ring (bicyclic) bond motifs is 1. The Morgan fingerprint density at radius 2 is 1.83 bits per heavy atom. The van der Waals surface area contributed by atoms with Gasteiger partial charge in [0.1, 0.15) is 0 Å². The second-order valence-electron chi connectivity index (χ2n) is 5.68. The van der Waals surface area contributed by atoms with Crippen molar-refractivity contribution >= 4 is 28.1 Å². The van der Waals surface area contributed by atoms with Crippen molar-refractivity contribution in [3.63, 3.8) is 0 Å². The zero-order chi connectivity index (χ0) is 16.2. The Bertz CT molecular complexity index is 855. The molecule has 0 spiro atoms. The minimum atomic E-state index is 0.127. The molecule has 0 fully saturated rings. The van der Waals surface area contributed by atoms with E-state index in [9.17, 15) is 4.79 Å². The smallest absolute Gasteiger partial charge is 0.166 e. The fourth-order valence-electron chi connectivity index (χ4n) is 2.70. The summed E-state index contributed by atoms with van der Waals surface area (Å²) in [6.45, 7) is 4.07. The Morgan fingerprint density at radius 1 is 1.09 bits per heavy atom. The first-order valence-corrected chi connectivity index (χ1v) is 7.94. The Morgan fingerprint density at radius 3 is 2.61 bits per heavy atom. The monoisotopic (exact) mass is 304 g/mol. The molecule has 3 aromatic rings. The molecule has 0 amide bonds. The Labute approximate surface area is 136 Å². The Balaban J connectivity index is 2.16. The van der Waals surface area contributed by atoms with Crippen LogP contribution in [0.25, 0.3) is 10.9 Å². The fourth-order valence-corrected chi connectivity index (χ4v) is 2.70. The Hall–Kier alpha value is -2.68. The molecular formula is C20H20N2O. The standard InChI is InChI=1S/C20H20N2O/c1-3-8-19(23)16-13-21-18-12-7-5-10-15(18)20(16)22-17-11-6-4-9-14(17)2/h4-7,9-13H,3,8H2,1-2H3,(H,21,22). The second kappa shape index (κ2) is 6.61. The van der Waals surface area contributed by atoms with Crippen LogP contribution in [0.5, 0.6) is 0 Å². The van der Waals surface area contributed by atoms with Gasteiger partial charge in [0.2, 0.25) is 0 Å². The average Bonchev–Trinajstić information content (AvgIpc) is 2.57. The molecule has 3 nitrogen and oxygen atoms in total. The molecule has 23 heavy (non-hydrogen) atoms. The maximum absolute atomic E-state index is 12.5. The summed E-state index contributed by atoms with van der Waals surface area (Å²) in [5, 5.41) is 4.43. The number of carbonyl (C=O) groups excluding carboxylic acids is 1. The van der Waals surface area contributed by atoms with E-state index in [2.05, 4.69) is 23.3 Å². The van der Waals surface area contributed by atoms with E-state index in [0.717, 1.165) is 34.3 Å². The lowest BCUT2D eigenvalue weighted by molar-refractivity contribution is 0.0982. The molecule has 0 aliphatic heterocycles. The first kappa shape index (κ1) is 15.2. The van der Waals surface area contributed by atoms with Gasteiger partial charge < -0.3 is 5.32 Å². The highest BCUT2D eigenvalue weighted by Gasteiger charge is 2.15. The van der Waals surface area contributed by atoms with Crippen molar-refractivity contribution in [3.8, 4) is 0 Å². The zero-order valence-electron chi connectivity index (χ0n) is 13.5. The van der Waals surface area contributed by atoms with Crippen molar-refractivity contribution in [2.24, 2.45) is 0 Å². The van der Waals surface area contributed by atoms with Gasteiger partial charge in [-0.15, -0.1) is 0 Å². The van der Waals surface area contributed by atoms with Crippen LogP contribution >= 0.6 is 0 Å². The largest absolute Gasteiger partial charge is 0.354 e. The predicted octanol–water partition coefficient (Wildman–Crippen LogP) is 5.27. The van der Waals surface area contributed by atoms with Gasteiger partial charge in [0.25, 0.3) is 0 Å². The van der Waals surface area contributed by atoms with Crippen molar-refractivity contribution < 1.29 is 4.79 Å². The number of hydrogen-bond acceptors (Lipinski definition) is 3. The summed E-state index contributed by atoms with van der Waals surface area (Å²) in [4.78, 5) is 17.0. The fraction of sp³-hybridized carbons (Fsp3) is 0.200. The molecule has 3 heteroatoms. The van der Waals surface area contributed by atoms with Gasteiger partial charge in [-0.1, -0.05) is 43.3 Å². The van der Waals surface area contributed by atoms with Crippen LogP contribution in [-0.4, -0.2) is 10.8 Å². The van der Waals surface area contributed by atoms with Crippen LogP contribution in [0.2, 0.25) is 0 Å². The summed E-state index contributed by atoms with van der Waals surface area (Å²) in [6, 6.07) is 16.0. The van der Waals surface area contributed by atoms with E-state index in [1.807, 2.05) is 49.4 Å². The van der Waals surface area contributed by atoms with E-state index in [1.165, 1.54) is 0 Å². The molecule has 3 rings (SSSR count). The van der Waals surface area contributed by atoms with Gasteiger partial charge in [-0.25, -0.2) is 0 Å². The number of ketones is 1. The van der Waals surface area contributed by atoms with E-state index in [4.69, 9.17) is 0 Å². The van der Waals surface area contributed by atoms with Crippen LogP contribution in [0.15, 0.2) is 54.7 Å². The number of aryl methyl sites for hydroxylation is 1. The van der Waals surface area contributed by atoms with Gasteiger partial charge in [0.05, 0.1) is 16.8 Å². The third kappa shape index (κ3) is 3.09. The Kier molecular flexibility index (Phi) is 4.38. The summed E-state index contributed by atoms with van der Waals surface area (Å²) in [5.41, 5.74) is 4.55. The summed E-state index contributed by atoms with van der Waals surface area (Å²) < 4.78 is 0. The predicted molar refractivity (Wildman–Crippen MR) is 95.4 cm³/mol. The first-order valence-electron chi connectivity index (χ1n) is 7.94. The molecule has 0 unspecified atom stereocenters. The van der Waals surface area contributed by atoms with Crippen molar-refractivity contribution in [3.05, 3.63) is 65.9 Å². The molecule has 1 N–H and O–H groups in total. The van der Waals surface area contributed by atoms with Crippen LogP contribution < -0.4 is 5.32 Å². The molecule has 0 saturated heterocycles. The number of rotatable bonds is 5. The van der Waals surface area contributed by atoms with Gasteiger partial charge in [-0.05, 0) is 31.0 Å². The summed E-state index contributed by atoms with van der Waals surface area (Å²) in [7, 11) is 0. The molecule has 2 aromatic carbocycles. The van der Waals surface area contributed by atoms with Crippen molar-refractivity contribution in [2.45, 2.75) is 26.7 Å². The van der Waals surface area contributed by atoms with Crippen molar-refractivity contribution in [2.75, 3.05) is 5.32 Å². The van der Waals surface area contributed by atoms with Crippen LogP contribution in [0, 0.1) is 6.92 Å². The first-order chi connectivity index (χ1) is 11.2. The van der Waals surface area contributed by atoms with E-state index < -0.39 is 0 Å². The normalized spacial score (nSPS) is 10.7. The average molecular weight is 304 g/mol. The van der Waals surface area contributed by atoms with E-state index in [1.54, 1.807) is 6.20 Å². The topological polar surface area (TPSA) is 42.0 Å². The molecular weight excluding hydrogens is 284 g/mol. The summed E-state index contributed by atoms with van der Waals surface area (Å²) in [5.74, 6) is 0.127. The minimum Gasteiger partial charge on any atom is -0.354 e. The zero-order valence-corrected chi connectivity index (χ0v) is 13.5. The molecule has 1 aromatic heterocycles. The number of benzene rings is 2. The number of Topliss-reactive ketones (excluding diaryl/α,β-unsaturated/α-hetero) is 1. The maximum atomic E-state index is 12.5. The number of nitrogens with zero attached hydrogens (tertiary/aromatic N) is 1. The highest BCUT2D eigenvalue weighted by atomic mass is 16.1. The lowest BCUT2D eigenvalue weighted by atomic mass is 10.0. The number of nitrogens with one attached hydrogen (secondary N) is 1. The van der Waals surface area contributed by atoms with Gasteiger partial charge in [-0.2, -0.15) is 0 Å². The van der Waals surface area contributed by atoms with Crippen LogP contribution in [0.3, 0.4) is 0 Å². The maximum Gasteiger partial charge on any atom is 0.166 e. The van der Waals surface area contributed by atoms with Gasteiger partial charge >= 0.3 is 0 Å². The number of carbonyl (C=O) groups is 1. The van der Waals surface area contributed by atoms with Crippen molar-refractivity contribution in [1.82, 2.24) is 4.98 Å². The SMILES string of the molecule is CCCC(=O)c1cnc2ccccc2c1Nc1ccccc1C. The van der Waals surface area contributed by atoms with E-state index in [-0.39, 0.29) is 5.78 Å². The highest BCUT2D eigenvalue weighted by molar-refractivity contribution is 6.08. The van der Waals surface area contributed by atoms with Crippen LogP contribution in [-0.2, 0) is 0 Å². The lowest BCUT2D eigenvalue weighted by Crippen LogP contribution is -2.06. The molecule has 0 aliphatic carbocycles. The van der Waals surface area contributed by atoms with Gasteiger partial charge in [0, 0.05) is 23.7 Å². The number of para-hydroxylation sites is 2. The molecule has 0 bridgehead atoms. The molecule has 0 radical (unpaired) electrons. The summed E-state index contributed by atoms with van der Waals surface area (Å²) in [6.07, 6.45) is 3.05. The molecule has 0 aliphatic rings. The van der Waals surface area contributed by atoms with Gasteiger partial charge in [0.15, 0.2) is 5.78 Å². The third-order valence-electron chi connectivity index (χ3n) is 3.96. The lowest BCUT2D eigenvalue weighted by Gasteiger charge is -2.15. The van der Waals surface area contributed by atoms with Crippen LogP contribution in [0.4, 0.5) is 11.4 Å². The second-order valence-corrected chi connectivity index (χ2v) is 5.68. The minimum absolute atomic E-state index is 0.127. The number of pyridine rings is 1. The third-order valence-corrected chi connectivity index (χ3v) is 3.96. The van der Waals surface area contributed by atoms with Crippen LogP contribution in [0.1, 0.15) is 35.7 Å². The molecule has 0 saturated carbocycles. The summed E-state index contributed by atoms with van der Waals surface area (Å²) >= 11 is 0.